The van der Waals surface area contributed by atoms with Crippen molar-refractivity contribution in [3.8, 4) is 0 Å². The van der Waals surface area contributed by atoms with Crippen molar-refractivity contribution in [2.75, 3.05) is 19.6 Å². The lowest BCUT2D eigenvalue weighted by Gasteiger charge is -2.54. The van der Waals surface area contributed by atoms with Crippen LogP contribution in [0.2, 0.25) is 0 Å². The molecule has 0 bridgehead atoms. The number of allylic oxidation sites excluding steroid dienone is 4. The van der Waals surface area contributed by atoms with Gasteiger partial charge in [-0.25, -0.2) is 0 Å². The first-order valence-electron chi connectivity index (χ1n) is 11.7. The molecule has 0 aromatic heterocycles. The second-order valence-electron chi connectivity index (χ2n) is 10.8. The van der Waals surface area contributed by atoms with Crippen molar-refractivity contribution in [1.29, 1.82) is 0 Å². The summed E-state index contributed by atoms with van der Waals surface area (Å²) in [6, 6.07) is 0. The molecule has 0 amide bonds. The molecule has 4 heteroatoms. The zero-order valence-corrected chi connectivity index (χ0v) is 18.0. The first-order valence-corrected chi connectivity index (χ1v) is 11.7. The average molecular weight is 398 g/mol. The Labute approximate surface area is 174 Å². The molecule has 158 valence electrons. The topological polar surface area (TPSA) is 57.6 Å². The third kappa shape index (κ3) is 2.71. The summed E-state index contributed by atoms with van der Waals surface area (Å²) in [6.45, 7) is 6.89. The van der Waals surface area contributed by atoms with E-state index in [1.165, 1.54) is 11.1 Å². The summed E-state index contributed by atoms with van der Waals surface area (Å²) in [6.07, 6.45) is 12.5. The first-order chi connectivity index (χ1) is 13.8. The minimum absolute atomic E-state index is 0.0123. The molecule has 1 heterocycles. The molecular weight excluding hydrogens is 362 g/mol. The summed E-state index contributed by atoms with van der Waals surface area (Å²) in [5.41, 5.74) is 1.28. The van der Waals surface area contributed by atoms with E-state index in [0.717, 1.165) is 58.0 Å². The van der Waals surface area contributed by atoms with E-state index in [1.807, 2.05) is 6.08 Å². The molecule has 4 nitrogen and oxygen atoms in total. The maximum Gasteiger partial charge on any atom is 0.178 e. The molecule has 0 radical (unpaired) electrons. The minimum atomic E-state index is -1.19. The van der Waals surface area contributed by atoms with Gasteiger partial charge in [0.05, 0.1) is 6.54 Å². The van der Waals surface area contributed by atoms with E-state index in [0.29, 0.717) is 31.2 Å². The molecule has 0 spiro atoms. The number of ketones is 2. The van der Waals surface area contributed by atoms with Crippen LogP contribution < -0.4 is 0 Å². The molecular formula is C25H35NO3. The van der Waals surface area contributed by atoms with E-state index in [-0.39, 0.29) is 22.4 Å². The molecule has 1 aliphatic heterocycles. The van der Waals surface area contributed by atoms with Crippen LogP contribution in [-0.4, -0.2) is 46.8 Å². The fourth-order valence-electron chi connectivity index (χ4n) is 7.60. The Morgan fingerprint density at radius 2 is 1.93 bits per heavy atom. The number of carbonyl (C=O) groups is 2. The number of hydrogen-bond acceptors (Lipinski definition) is 4. The number of aliphatic hydroxyl groups is 1. The van der Waals surface area contributed by atoms with Gasteiger partial charge >= 0.3 is 0 Å². The van der Waals surface area contributed by atoms with E-state index in [4.69, 9.17) is 0 Å². The third-order valence-electron chi connectivity index (χ3n) is 9.52. The SMILES string of the molecule is C[C@]12CCC(=O)C=C1CC[C@@H]1C2=CC[C@@]2(C)[C@H]1CC[C@]2(O)C(=O)CN1CCCC1. The minimum Gasteiger partial charge on any atom is -0.381 e. The number of carbonyl (C=O) groups excluding carboxylic acids is 2. The molecule has 2 saturated carbocycles. The summed E-state index contributed by atoms with van der Waals surface area (Å²) in [7, 11) is 0. The molecule has 1 saturated heterocycles. The second kappa shape index (κ2) is 6.62. The summed E-state index contributed by atoms with van der Waals surface area (Å²) >= 11 is 0. The Morgan fingerprint density at radius 1 is 1.17 bits per heavy atom. The summed E-state index contributed by atoms with van der Waals surface area (Å²) < 4.78 is 0. The lowest BCUT2D eigenvalue weighted by molar-refractivity contribution is -0.153. The molecule has 1 N–H and O–H groups in total. The first kappa shape index (κ1) is 19.7. The van der Waals surface area contributed by atoms with Gasteiger partial charge in [0.15, 0.2) is 11.6 Å². The largest absolute Gasteiger partial charge is 0.381 e. The molecule has 5 atom stereocenters. The summed E-state index contributed by atoms with van der Waals surface area (Å²) in [5, 5.41) is 11.7. The van der Waals surface area contributed by atoms with Crippen molar-refractivity contribution >= 4 is 11.6 Å². The molecule has 4 aliphatic carbocycles. The Morgan fingerprint density at radius 3 is 2.69 bits per heavy atom. The fraction of sp³-hybridized carbons (Fsp3) is 0.760. The number of likely N-dealkylation sites (tertiary alicyclic amines) is 1. The van der Waals surface area contributed by atoms with Crippen LogP contribution in [0.25, 0.3) is 0 Å². The molecule has 0 aromatic rings. The lowest BCUT2D eigenvalue weighted by Crippen LogP contribution is -2.56. The normalized spacial score (nSPS) is 44.6. The van der Waals surface area contributed by atoms with Gasteiger partial charge in [-0.1, -0.05) is 31.1 Å². The van der Waals surface area contributed by atoms with E-state index in [1.54, 1.807) is 0 Å². The highest BCUT2D eigenvalue weighted by molar-refractivity contribution is 5.92. The van der Waals surface area contributed by atoms with Gasteiger partial charge in [0.2, 0.25) is 0 Å². The van der Waals surface area contributed by atoms with E-state index < -0.39 is 5.60 Å². The van der Waals surface area contributed by atoms with Crippen LogP contribution >= 0.6 is 0 Å². The van der Waals surface area contributed by atoms with Crippen LogP contribution in [-0.2, 0) is 9.59 Å². The zero-order valence-electron chi connectivity index (χ0n) is 18.0. The molecule has 5 rings (SSSR count). The molecule has 3 fully saturated rings. The van der Waals surface area contributed by atoms with Gasteiger partial charge in [-0.3, -0.25) is 14.5 Å². The van der Waals surface area contributed by atoms with Crippen molar-refractivity contribution < 1.29 is 14.7 Å². The van der Waals surface area contributed by atoms with Gasteiger partial charge in [-0.15, -0.1) is 0 Å². The number of nitrogens with zero attached hydrogens (tertiary/aromatic N) is 1. The maximum absolute atomic E-state index is 13.3. The van der Waals surface area contributed by atoms with Crippen molar-refractivity contribution in [1.82, 2.24) is 4.90 Å². The Bertz CT molecular complexity index is 807. The van der Waals surface area contributed by atoms with Crippen LogP contribution in [0.3, 0.4) is 0 Å². The number of fused-ring (bicyclic) bond motifs is 5. The number of hydrogen-bond donors (Lipinski definition) is 1. The Balaban J connectivity index is 1.45. The molecule has 0 unspecified atom stereocenters. The van der Waals surface area contributed by atoms with Gasteiger partial charge in [-0.05, 0) is 82.4 Å². The predicted molar refractivity (Wildman–Crippen MR) is 112 cm³/mol. The van der Waals surface area contributed by atoms with E-state index in [9.17, 15) is 14.7 Å². The molecule has 5 aliphatic rings. The fourth-order valence-corrected chi connectivity index (χ4v) is 7.60. The monoisotopic (exact) mass is 397 g/mol. The average Bonchev–Trinajstić information content (AvgIpc) is 3.29. The van der Waals surface area contributed by atoms with Crippen molar-refractivity contribution in [3.05, 3.63) is 23.3 Å². The van der Waals surface area contributed by atoms with Gasteiger partial charge in [0.25, 0.3) is 0 Å². The maximum atomic E-state index is 13.3. The van der Waals surface area contributed by atoms with Crippen LogP contribution in [0.5, 0.6) is 0 Å². The van der Waals surface area contributed by atoms with Crippen LogP contribution in [0.15, 0.2) is 23.3 Å². The van der Waals surface area contributed by atoms with Crippen LogP contribution in [0.1, 0.15) is 71.6 Å². The number of rotatable bonds is 3. The molecule has 29 heavy (non-hydrogen) atoms. The van der Waals surface area contributed by atoms with Crippen molar-refractivity contribution in [2.24, 2.45) is 22.7 Å². The highest BCUT2D eigenvalue weighted by atomic mass is 16.3. The second-order valence-corrected chi connectivity index (χ2v) is 10.8. The quantitative estimate of drug-likeness (QED) is 0.735. The summed E-state index contributed by atoms with van der Waals surface area (Å²) in [5.74, 6) is 1.13. The van der Waals surface area contributed by atoms with Gasteiger partial charge in [-0.2, -0.15) is 0 Å². The Hall–Kier alpha value is -1.26. The van der Waals surface area contributed by atoms with Gasteiger partial charge in [0, 0.05) is 17.3 Å². The van der Waals surface area contributed by atoms with E-state index >= 15 is 0 Å². The van der Waals surface area contributed by atoms with Crippen molar-refractivity contribution in [2.45, 2.75) is 77.2 Å². The predicted octanol–water partition coefficient (Wildman–Crippen LogP) is 3.83. The highest BCUT2D eigenvalue weighted by Crippen LogP contribution is 2.65. The third-order valence-corrected chi connectivity index (χ3v) is 9.52. The molecule has 0 aromatic carbocycles. The highest BCUT2D eigenvalue weighted by Gasteiger charge is 2.64. The van der Waals surface area contributed by atoms with Crippen molar-refractivity contribution in [3.63, 3.8) is 0 Å². The van der Waals surface area contributed by atoms with E-state index in [2.05, 4.69) is 24.8 Å². The smallest absolute Gasteiger partial charge is 0.178 e. The Kier molecular flexibility index (Phi) is 4.49. The number of Topliss-reactive ketones (excluding diaryl/α,β-unsaturated/α-hetero) is 1. The van der Waals surface area contributed by atoms with Gasteiger partial charge < -0.3 is 5.11 Å². The van der Waals surface area contributed by atoms with Gasteiger partial charge in [0.1, 0.15) is 5.60 Å². The summed E-state index contributed by atoms with van der Waals surface area (Å²) in [4.78, 5) is 27.5. The standard InChI is InChI=1S/C25H35NO3/c1-23-10-7-18(27)15-17(23)5-6-19-20(23)8-11-24(2)21(19)9-12-25(24,29)22(28)16-26-13-3-4-14-26/h8,15,19,21,29H,3-7,9-14,16H2,1-2H3/t19-,21+,23+,24+,25+/m1/s1. The zero-order chi connectivity index (χ0) is 20.4. The van der Waals surface area contributed by atoms with Crippen LogP contribution in [0, 0.1) is 22.7 Å². The van der Waals surface area contributed by atoms with Crippen LogP contribution in [0.4, 0.5) is 0 Å². The lowest BCUT2D eigenvalue weighted by atomic mass is 9.50.